The van der Waals surface area contributed by atoms with E-state index >= 15 is 0 Å². The lowest BCUT2D eigenvalue weighted by Gasteiger charge is -2.43. The van der Waals surface area contributed by atoms with Crippen molar-refractivity contribution in [2.24, 2.45) is 10.8 Å². The summed E-state index contributed by atoms with van der Waals surface area (Å²) in [5.74, 6) is 0. The molecule has 0 aromatic heterocycles. The Hall–Kier alpha value is -0.0400. The first-order chi connectivity index (χ1) is 5.75. The maximum Gasteiger partial charge on any atom is 0.0166 e. The lowest BCUT2D eigenvalue weighted by atomic mass is 9.69. The molecular weight excluding hydrogens is 158 g/mol. The standard InChI is InChI=1S/C12H27N/c1-8-12(6,7)10(13-9-2)11(3,4)5/h10,13H,8-9H2,1-7H3. The average Bonchev–Trinajstić information content (AvgIpc) is 1.98. The minimum atomic E-state index is 0.343. The molecule has 0 aliphatic heterocycles. The van der Waals surface area contributed by atoms with Crippen molar-refractivity contribution in [3.63, 3.8) is 0 Å². The van der Waals surface area contributed by atoms with Gasteiger partial charge in [0, 0.05) is 6.04 Å². The summed E-state index contributed by atoms with van der Waals surface area (Å²) < 4.78 is 0. The second kappa shape index (κ2) is 4.45. The zero-order valence-corrected chi connectivity index (χ0v) is 10.5. The molecule has 1 heteroatoms. The summed E-state index contributed by atoms with van der Waals surface area (Å²) in [6.45, 7) is 17.2. The van der Waals surface area contributed by atoms with Crippen molar-refractivity contribution in [2.45, 2.75) is 60.9 Å². The van der Waals surface area contributed by atoms with E-state index in [-0.39, 0.29) is 0 Å². The van der Waals surface area contributed by atoms with Crippen molar-refractivity contribution in [3.8, 4) is 0 Å². The van der Waals surface area contributed by atoms with Crippen molar-refractivity contribution >= 4 is 0 Å². The van der Waals surface area contributed by atoms with Crippen LogP contribution in [0.1, 0.15) is 54.9 Å². The van der Waals surface area contributed by atoms with Crippen LogP contribution < -0.4 is 5.32 Å². The highest BCUT2D eigenvalue weighted by Gasteiger charge is 2.35. The second-order valence-electron chi connectivity index (χ2n) is 5.70. The van der Waals surface area contributed by atoms with Gasteiger partial charge in [-0.15, -0.1) is 0 Å². The predicted molar refractivity (Wildman–Crippen MR) is 61.0 cm³/mol. The molecule has 0 aliphatic rings. The Kier molecular flexibility index (Phi) is 4.44. The summed E-state index contributed by atoms with van der Waals surface area (Å²) in [6, 6.07) is 0.593. The molecule has 1 unspecified atom stereocenters. The zero-order chi connectivity index (χ0) is 10.7. The van der Waals surface area contributed by atoms with Gasteiger partial charge in [-0.1, -0.05) is 48.5 Å². The van der Waals surface area contributed by atoms with E-state index in [9.17, 15) is 0 Å². The van der Waals surface area contributed by atoms with Crippen molar-refractivity contribution in [2.75, 3.05) is 6.54 Å². The fourth-order valence-corrected chi connectivity index (χ4v) is 2.16. The average molecular weight is 185 g/mol. The Bertz CT molecular complexity index is 142. The molecule has 1 N–H and O–H groups in total. The molecule has 0 saturated carbocycles. The lowest BCUT2D eigenvalue weighted by Crippen LogP contribution is -2.50. The van der Waals surface area contributed by atoms with Crippen molar-refractivity contribution in [3.05, 3.63) is 0 Å². The minimum absolute atomic E-state index is 0.343. The zero-order valence-electron chi connectivity index (χ0n) is 10.5. The molecule has 0 aromatic carbocycles. The van der Waals surface area contributed by atoms with Crippen LogP contribution in [0.3, 0.4) is 0 Å². The molecule has 0 bridgehead atoms. The Morgan fingerprint density at radius 3 is 1.69 bits per heavy atom. The Morgan fingerprint density at radius 1 is 1.00 bits per heavy atom. The largest absolute Gasteiger partial charge is 0.313 e. The van der Waals surface area contributed by atoms with Gasteiger partial charge < -0.3 is 5.32 Å². The highest BCUT2D eigenvalue weighted by molar-refractivity contribution is 4.91. The van der Waals surface area contributed by atoms with Crippen LogP contribution in [0.5, 0.6) is 0 Å². The maximum atomic E-state index is 3.61. The molecular formula is C12H27N. The van der Waals surface area contributed by atoms with E-state index in [1.165, 1.54) is 6.42 Å². The van der Waals surface area contributed by atoms with Gasteiger partial charge in [0.2, 0.25) is 0 Å². The minimum Gasteiger partial charge on any atom is -0.313 e. The van der Waals surface area contributed by atoms with Gasteiger partial charge in [0.05, 0.1) is 0 Å². The van der Waals surface area contributed by atoms with E-state index in [1.54, 1.807) is 0 Å². The van der Waals surface area contributed by atoms with E-state index in [0.717, 1.165) is 6.54 Å². The first kappa shape index (κ1) is 13.0. The van der Waals surface area contributed by atoms with Gasteiger partial charge in [-0.2, -0.15) is 0 Å². The van der Waals surface area contributed by atoms with E-state index in [4.69, 9.17) is 0 Å². The van der Waals surface area contributed by atoms with Crippen molar-refractivity contribution in [1.29, 1.82) is 0 Å². The molecule has 0 radical (unpaired) electrons. The van der Waals surface area contributed by atoms with Gasteiger partial charge in [-0.05, 0) is 23.8 Å². The molecule has 0 fully saturated rings. The summed E-state index contributed by atoms with van der Waals surface area (Å²) in [5, 5.41) is 3.61. The topological polar surface area (TPSA) is 12.0 Å². The van der Waals surface area contributed by atoms with Crippen LogP contribution in [0.25, 0.3) is 0 Å². The highest BCUT2D eigenvalue weighted by atomic mass is 14.9. The number of hydrogen-bond acceptors (Lipinski definition) is 1. The first-order valence-electron chi connectivity index (χ1n) is 5.49. The van der Waals surface area contributed by atoms with E-state index < -0.39 is 0 Å². The summed E-state index contributed by atoms with van der Waals surface area (Å²) >= 11 is 0. The second-order valence-corrected chi connectivity index (χ2v) is 5.70. The Balaban J connectivity index is 4.60. The third-order valence-electron chi connectivity index (χ3n) is 2.97. The van der Waals surface area contributed by atoms with Crippen molar-refractivity contribution < 1.29 is 0 Å². The van der Waals surface area contributed by atoms with Gasteiger partial charge in [0.15, 0.2) is 0 Å². The first-order valence-corrected chi connectivity index (χ1v) is 5.49. The summed E-state index contributed by atoms with van der Waals surface area (Å²) in [4.78, 5) is 0. The molecule has 13 heavy (non-hydrogen) atoms. The molecule has 0 rings (SSSR count). The van der Waals surface area contributed by atoms with Gasteiger partial charge in [0.1, 0.15) is 0 Å². The van der Waals surface area contributed by atoms with Crippen LogP contribution in [0.4, 0.5) is 0 Å². The van der Waals surface area contributed by atoms with Crippen LogP contribution in [0.15, 0.2) is 0 Å². The molecule has 1 nitrogen and oxygen atoms in total. The fourth-order valence-electron chi connectivity index (χ4n) is 2.16. The van der Waals surface area contributed by atoms with Crippen molar-refractivity contribution in [1.82, 2.24) is 5.32 Å². The van der Waals surface area contributed by atoms with Crippen LogP contribution in [-0.2, 0) is 0 Å². The molecule has 0 amide bonds. The predicted octanol–water partition coefficient (Wildman–Crippen LogP) is 3.45. The fraction of sp³-hybridized carbons (Fsp3) is 1.00. The monoisotopic (exact) mass is 185 g/mol. The van der Waals surface area contributed by atoms with Gasteiger partial charge in [0.25, 0.3) is 0 Å². The van der Waals surface area contributed by atoms with Gasteiger partial charge >= 0.3 is 0 Å². The van der Waals surface area contributed by atoms with Gasteiger partial charge in [-0.3, -0.25) is 0 Å². The Morgan fingerprint density at radius 2 is 1.46 bits per heavy atom. The Labute approximate surface area is 84.3 Å². The third-order valence-corrected chi connectivity index (χ3v) is 2.97. The van der Waals surface area contributed by atoms with Crippen LogP contribution in [0, 0.1) is 10.8 Å². The molecule has 0 aliphatic carbocycles. The molecule has 0 spiro atoms. The van der Waals surface area contributed by atoms with Gasteiger partial charge in [-0.25, -0.2) is 0 Å². The van der Waals surface area contributed by atoms with Crippen LogP contribution in [0.2, 0.25) is 0 Å². The van der Waals surface area contributed by atoms with E-state index in [2.05, 4.69) is 53.8 Å². The van der Waals surface area contributed by atoms with Crippen LogP contribution in [-0.4, -0.2) is 12.6 Å². The summed E-state index contributed by atoms with van der Waals surface area (Å²) in [7, 11) is 0. The van der Waals surface area contributed by atoms with Crippen LogP contribution >= 0.6 is 0 Å². The molecule has 0 heterocycles. The molecule has 80 valence electrons. The summed E-state index contributed by atoms with van der Waals surface area (Å²) in [5.41, 5.74) is 0.726. The highest BCUT2D eigenvalue weighted by Crippen LogP contribution is 2.35. The number of hydrogen-bond donors (Lipinski definition) is 1. The number of rotatable bonds is 4. The normalized spacial score (nSPS) is 15.9. The molecule has 1 atom stereocenters. The quantitative estimate of drug-likeness (QED) is 0.707. The third kappa shape index (κ3) is 3.68. The van der Waals surface area contributed by atoms with E-state index in [0.29, 0.717) is 16.9 Å². The SMILES string of the molecule is CCNC(C(C)(C)C)C(C)(C)CC. The summed E-state index contributed by atoms with van der Waals surface area (Å²) in [6.07, 6.45) is 1.22. The number of nitrogens with one attached hydrogen (secondary N) is 1. The molecule has 0 aromatic rings. The molecule has 0 saturated heterocycles. The lowest BCUT2D eigenvalue weighted by molar-refractivity contribution is 0.122. The smallest absolute Gasteiger partial charge is 0.0166 e. The maximum absolute atomic E-state index is 3.61. The van der Waals surface area contributed by atoms with E-state index in [1.807, 2.05) is 0 Å².